The van der Waals surface area contributed by atoms with Gasteiger partial charge in [0, 0.05) is 24.7 Å². The predicted octanol–water partition coefficient (Wildman–Crippen LogP) is 4.17. The molecule has 3 rings (SSSR count). The smallest absolute Gasteiger partial charge is 0.243 e. The van der Waals surface area contributed by atoms with Crippen LogP contribution < -0.4 is 0 Å². The van der Waals surface area contributed by atoms with Crippen LogP contribution in [0.15, 0.2) is 64.0 Å². The van der Waals surface area contributed by atoms with Gasteiger partial charge in [-0.1, -0.05) is 54.5 Å². The third-order valence-corrected chi connectivity index (χ3v) is 6.34. The lowest BCUT2D eigenvalue weighted by Crippen LogP contribution is -2.31. The molecule has 0 radical (unpaired) electrons. The van der Waals surface area contributed by atoms with Crippen LogP contribution in [-0.4, -0.2) is 24.4 Å². The van der Waals surface area contributed by atoms with Gasteiger partial charge in [0.05, 0.1) is 10.6 Å². The Morgan fingerprint density at radius 3 is 2.38 bits per heavy atom. The maximum absolute atomic E-state index is 13.3. The van der Waals surface area contributed by atoms with E-state index in [-0.39, 0.29) is 0 Å². The molecule has 0 bridgehead atoms. The summed E-state index contributed by atoms with van der Waals surface area (Å²) in [7, 11) is -3.63. The Kier molecular flexibility index (Phi) is 5.25. The number of nitrogens with zero attached hydrogens (tertiary/aromatic N) is 2. The normalized spacial score (nSPS) is 11.8. The van der Waals surface area contributed by atoms with Crippen molar-refractivity contribution in [2.75, 3.05) is 6.54 Å². The van der Waals surface area contributed by atoms with E-state index in [1.54, 1.807) is 25.1 Å². The van der Waals surface area contributed by atoms with Gasteiger partial charge in [0.1, 0.15) is 0 Å². The van der Waals surface area contributed by atoms with Crippen molar-refractivity contribution >= 4 is 10.0 Å². The largest absolute Gasteiger partial charge is 0.356 e. The molecular formula is C20H22N2O3S. The number of aromatic nitrogens is 1. The van der Waals surface area contributed by atoms with Gasteiger partial charge >= 0.3 is 0 Å². The van der Waals surface area contributed by atoms with E-state index in [4.69, 9.17) is 4.52 Å². The first-order valence-electron chi connectivity index (χ1n) is 8.50. The number of hydrogen-bond donors (Lipinski definition) is 0. The van der Waals surface area contributed by atoms with Crippen molar-refractivity contribution < 1.29 is 12.9 Å². The summed E-state index contributed by atoms with van der Waals surface area (Å²) in [5, 5.41) is 3.88. The summed E-state index contributed by atoms with van der Waals surface area (Å²) < 4.78 is 33.3. The van der Waals surface area contributed by atoms with Crippen molar-refractivity contribution in [3.05, 3.63) is 71.4 Å². The predicted molar refractivity (Wildman–Crippen MR) is 101 cm³/mol. The van der Waals surface area contributed by atoms with Crippen molar-refractivity contribution in [2.45, 2.75) is 32.2 Å². The standard InChI is InChI=1S/C20H22N2O3S/c1-4-22(14-17-8-6-5-7-9-17)26(23,24)20-13-18(11-10-15(20)2)19-12-16(3)21-25-19/h5-13H,4,14H2,1-3H3. The molecule has 0 unspecified atom stereocenters. The second-order valence-corrected chi connectivity index (χ2v) is 8.14. The fraction of sp³-hybridized carbons (Fsp3) is 0.250. The van der Waals surface area contributed by atoms with E-state index in [0.29, 0.717) is 34.9 Å². The highest BCUT2D eigenvalue weighted by Crippen LogP contribution is 2.28. The lowest BCUT2D eigenvalue weighted by atomic mass is 10.1. The second kappa shape index (κ2) is 7.43. The maximum Gasteiger partial charge on any atom is 0.243 e. The van der Waals surface area contributed by atoms with Crippen molar-refractivity contribution in [3.8, 4) is 11.3 Å². The molecule has 0 amide bonds. The lowest BCUT2D eigenvalue weighted by Gasteiger charge is -2.22. The van der Waals surface area contributed by atoms with Crippen LogP contribution in [0.5, 0.6) is 0 Å². The van der Waals surface area contributed by atoms with Gasteiger partial charge < -0.3 is 4.52 Å². The number of sulfonamides is 1. The van der Waals surface area contributed by atoms with Crippen molar-refractivity contribution in [2.24, 2.45) is 0 Å². The van der Waals surface area contributed by atoms with Crippen LogP contribution in [0.2, 0.25) is 0 Å². The number of aryl methyl sites for hydroxylation is 2. The van der Waals surface area contributed by atoms with Crippen LogP contribution >= 0.6 is 0 Å². The fourth-order valence-corrected chi connectivity index (χ4v) is 4.51. The quantitative estimate of drug-likeness (QED) is 0.653. The summed E-state index contributed by atoms with van der Waals surface area (Å²) in [5.74, 6) is 0.560. The average molecular weight is 370 g/mol. The topological polar surface area (TPSA) is 63.4 Å². The molecule has 2 aromatic carbocycles. The molecule has 0 atom stereocenters. The zero-order valence-electron chi connectivity index (χ0n) is 15.1. The minimum absolute atomic E-state index is 0.293. The fourth-order valence-electron chi connectivity index (χ4n) is 2.82. The van der Waals surface area contributed by atoms with Crippen LogP contribution in [0.25, 0.3) is 11.3 Å². The van der Waals surface area contributed by atoms with Crippen LogP contribution in [0.1, 0.15) is 23.7 Å². The SMILES string of the molecule is CCN(Cc1ccccc1)S(=O)(=O)c1cc(-c2cc(C)no2)ccc1C. The van der Waals surface area contributed by atoms with Crippen LogP contribution in [0.3, 0.4) is 0 Å². The third kappa shape index (κ3) is 3.71. The Morgan fingerprint density at radius 2 is 1.77 bits per heavy atom. The number of rotatable bonds is 6. The summed E-state index contributed by atoms with van der Waals surface area (Å²) >= 11 is 0. The van der Waals surface area contributed by atoms with Crippen LogP contribution in [0.4, 0.5) is 0 Å². The van der Waals surface area contributed by atoms with Crippen LogP contribution in [0, 0.1) is 13.8 Å². The molecule has 0 saturated carbocycles. The molecule has 6 heteroatoms. The van der Waals surface area contributed by atoms with Crippen LogP contribution in [-0.2, 0) is 16.6 Å². The van der Waals surface area contributed by atoms with E-state index in [1.165, 1.54) is 4.31 Å². The van der Waals surface area contributed by atoms with Gasteiger partial charge in [-0.05, 0) is 31.0 Å². The van der Waals surface area contributed by atoms with Gasteiger partial charge in [-0.25, -0.2) is 8.42 Å². The first-order valence-corrected chi connectivity index (χ1v) is 9.94. The Morgan fingerprint density at radius 1 is 1.04 bits per heavy atom. The highest BCUT2D eigenvalue weighted by molar-refractivity contribution is 7.89. The lowest BCUT2D eigenvalue weighted by molar-refractivity contribution is 0.422. The van der Waals surface area contributed by atoms with Gasteiger partial charge in [0.2, 0.25) is 10.0 Å². The Hall–Kier alpha value is -2.44. The zero-order chi connectivity index (χ0) is 18.7. The first kappa shape index (κ1) is 18.4. The zero-order valence-corrected chi connectivity index (χ0v) is 16.0. The van der Waals surface area contributed by atoms with Crippen molar-refractivity contribution in [1.29, 1.82) is 0 Å². The van der Waals surface area contributed by atoms with E-state index < -0.39 is 10.0 Å². The molecule has 0 N–H and O–H groups in total. The number of benzene rings is 2. The first-order chi connectivity index (χ1) is 12.4. The van der Waals surface area contributed by atoms with E-state index in [1.807, 2.05) is 50.2 Å². The summed E-state index contributed by atoms with van der Waals surface area (Å²) in [4.78, 5) is 0.293. The van der Waals surface area contributed by atoms with E-state index in [0.717, 1.165) is 11.3 Å². The maximum atomic E-state index is 13.3. The van der Waals surface area contributed by atoms with E-state index >= 15 is 0 Å². The van der Waals surface area contributed by atoms with E-state index in [9.17, 15) is 8.42 Å². The molecule has 0 spiro atoms. The summed E-state index contributed by atoms with van der Waals surface area (Å²) in [6.07, 6.45) is 0. The molecule has 0 aliphatic rings. The Labute approximate surface area is 154 Å². The molecule has 0 aliphatic carbocycles. The van der Waals surface area contributed by atoms with E-state index in [2.05, 4.69) is 5.16 Å². The molecule has 0 saturated heterocycles. The number of hydrogen-bond acceptors (Lipinski definition) is 4. The monoisotopic (exact) mass is 370 g/mol. The summed E-state index contributed by atoms with van der Waals surface area (Å²) in [5.41, 5.74) is 3.11. The van der Waals surface area contributed by atoms with Gasteiger partial charge in [-0.15, -0.1) is 0 Å². The van der Waals surface area contributed by atoms with Gasteiger partial charge in [-0.3, -0.25) is 0 Å². The summed E-state index contributed by atoms with van der Waals surface area (Å²) in [6.45, 7) is 6.21. The molecule has 26 heavy (non-hydrogen) atoms. The van der Waals surface area contributed by atoms with Gasteiger partial charge in [0.15, 0.2) is 5.76 Å². The van der Waals surface area contributed by atoms with Crippen molar-refractivity contribution in [1.82, 2.24) is 9.46 Å². The second-order valence-electron chi connectivity index (χ2n) is 6.23. The van der Waals surface area contributed by atoms with Gasteiger partial charge in [0.25, 0.3) is 0 Å². The molecule has 136 valence electrons. The molecule has 1 heterocycles. The average Bonchev–Trinajstić information content (AvgIpc) is 3.07. The molecule has 0 aliphatic heterocycles. The highest BCUT2D eigenvalue weighted by Gasteiger charge is 2.26. The Bertz CT molecular complexity index is 995. The molecule has 1 aromatic heterocycles. The molecular weight excluding hydrogens is 348 g/mol. The highest BCUT2D eigenvalue weighted by atomic mass is 32.2. The van der Waals surface area contributed by atoms with Crippen molar-refractivity contribution in [3.63, 3.8) is 0 Å². The molecule has 3 aromatic rings. The minimum Gasteiger partial charge on any atom is -0.356 e. The molecule has 5 nitrogen and oxygen atoms in total. The minimum atomic E-state index is -3.63. The molecule has 0 fully saturated rings. The van der Waals surface area contributed by atoms with Gasteiger partial charge in [-0.2, -0.15) is 4.31 Å². The Balaban J connectivity index is 1.99. The summed E-state index contributed by atoms with van der Waals surface area (Å²) in [6, 6.07) is 16.7. The third-order valence-electron chi connectivity index (χ3n) is 4.27.